The first-order chi connectivity index (χ1) is 8.43. The van der Waals surface area contributed by atoms with E-state index in [1.165, 1.54) is 13.0 Å². The number of carbonyl (C=O) groups excluding carboxylic acids is 1. The maximum absolute atomic E-state index is 13.5. The Kier molecular flexibility index (Phi) is 4.83. The Labute approximate surface area is 105 Å². The van der Waals surface area contributed by atoms with Crippen LogP contribution in [-0.2, 0) is 9.59 Å². The van der Waals surface area contributed by atoms with Gasteiger partial charge < -0.3 is 10.4 Å². The second-order valence-electron chi connectivity index (χ2n) is 4.23. The molecule has 1 aromatic carbocycles. The average molecular weight is 253 g/mol. The Morgan fingerprint density at radius 3 is 2.50 bits per heavy atom. The first kappa shape index (κ1) is 14.2. The van der Waals surface area contributed by atoms with E-state index >= 15 is 0 Å². The largest absolute Gasteiger partial charge is 0.481 e. The first-order valence-electron chi connectivity index (χ1n) is 5.68. The lowest BCUT2D eigenvalue weighted by atomic mass is 9.99. The van der Waals surface area contributed by atoms with E-state index < -0.39 is 23.6 Å². The van der Waals surface area contributed by atoms with Crippen LogP contribution in [0, 0.1) is 11.7 Å². The lowest BCUT2D eigenvalue weighted by molar-refractivity contribution is -0.141. The van der Waals surface area contributed by atoms with Gasteiger partial charge in [0.15, 0.2) is 0 Å². The van der Waals surface area contributed by atoms with Crippen LogP contribution in [0.4, 0.5) is 4.39 Å². The number of hydrogen-bond donors (Lipinski definition) is 2. The molecule has 0 radical (unpaired) electrons. The van der Waals surface area contributed by atoms with Crippen molar-refractivity contribution in [3.8, 4) is 0 Å². The van der Waals surface area contributed by atoms with Crippen molar-refractivity contribution in [2.24, 2.45) is 5.92 Å². The van der Waals surface area contributed by atoms with Gasteiger partial charge in [0.05, 0.1) is 11.8 Å². The number of carbonyl (C=O) groups is 2. The summed E-state index contributed by atoms with van der Waals surface area (Å²) in [6.07, 6.45) is 0. The Morgan fingerprint density at radius 2 is 1.94 bits per heavy atom. The molecule has 4 nitrogen and oxygen atoms in total. The standard InChI is InChI=1S/C13H16FNO3/c1-8(13(17)18)7-15-12(16)9(2)10-5-3-4-6-11(10)14/h3-6,8-9H,7H2,1-2H3,(H,15,16)(H,17,18)/t8-,9-/m0/s1. The van der Waals surface area contributed by atoms with Gasteiger partial charge in [0.2, 0.25) is 5.91 Å². The maximum atomic E-state index is 13.5. The van der Waals surface area contributed by atoms with E-state index in [2.05, 4.69) is 5.32 Å². The zero-order chi connectivity index (χ0) is 13.7. The Morgan fingerprint density at radius 1 is 1.33 bits per heavy atom. The monoisotopic (exact) mass is 253 g/mol. The normalized spacial score (nSPS) is 13.7. The van der Waals surface area contributed by atoms with E-state index in [0.717, 1.165) is 0 Å². The molecule has 1 aromatic rings. The molecule has 1 amide bonds. The summed E-state index contributed by atoms with van der Waals surface area (Å²) in [5.41, 5.74) is 0.304. The van der Waals surface area contributed by atoms with E-state index in [1.807, 2.05) is 0 Å². The molecule has 0 saturated carbocycles. The van der Waals surface area contributed by atoms with E-state index in [9.17, 15) is 14.0 Å². The Balaban J connectivity index is 2.63. The highest BCUT2D eigenvalue weighted by molar-refractivity contribution is 5.83. The van der Waals surface area contributed by atoms with Crippen molar-refractivity contribution >= 4 is 11.9 Å². The molecule has 0 aromatic heterocycles. The van der Waals surface area contributed by atoms with Gasteiger partial charge in [0.25, 0.3) is 0 Å². The van der Waals surface area contributed by atoms with Crippen molar-refractivity contribution < 1.29 is 19.1 Å². The summed E-state index contributed by atoms with van der Waals surface area (Å²) in [5.74, 6) is -3.11. The van der Waals surface area contributed by atoms with Gasteiger partial charge in [-0.3, -0.25) is 9.59 Å². The zero-order valence-electron chi connectivity index (χ0n) is 10.3. The van der Waals surface area contributed by atoms with Crippen molar-refractivity contribution in [3.05, 3.63) is 35.6 Å². The number of carboxylic acid groups (broad SMARTS) is 1. The van der Waals surface area contributed by atoms with E-state index in [1.54, 1.807) is 25.1 Å². The summed E-state index contributed by atoms with van der Waals surface area (Å²) in [4.78, 5) is 22.3. The highest BCUT2D eigenvalue weighted by atomic mass is 19.1. The van der Waals surface area contributed by atoms with Gasteiger partial charge >= 0.3 is 5.97 Å². The summed E-state index contributed by atoms with van der Waals surface area (Å²) < 4.78 is 13.5. The average Bonchev–Trinajstić information content (AvgIpc) is 2.35. The Hall–Kier alpha value is -1.91. The quantitative estimate of drug-likeness (QED) is 0.840. The molecule has 0 aliphatic carbocycles. The molecule has 2 atom stereocenters. The molecule has 1 rings (SSSR count). The van der Waals surface area contributed by atoms with Crippen LogP contribution in [0.3, 0.4) is 0 Å². The van der Waals surface area contributed by atoms with Crippen molar-refractivity contribution in [2.45, 2.75) is 19.8 Å². The van der Waals surface area contributed by atoms with Crippen molar-refractivity contribution in [3.63, 3.8) is 0 Å². The molecule has 5 heteroatoms. The summed E-state index contributed by atoms with van der Waals surface area (Å²) >= 11 is 0. The van der Waals surface area contributed by atoms with E-state index in [-0.39, 0.29) is 12.5 Å². The molecule has 0 unspecified atom stereocenters. The zero-order valence-corrected chi connectivity index (χ0v) is 10.3. The van der Waals surface area contributed by atoms with Gasteiger partial charge in [0.1, 0.15) is 5.82 Å². The fourth-order valence-electron chi connectivity index (χ4n) is 1.46. The van der Waals surface area contributed by atoms with Crippen LogP contribution >= 0.6 is 0 Å². The minimum atomic E-state index is -0.978. The molecule has 2 N–H and O–H groups in total. The molecular weight excluding hydrogens is 237 g/mol. The van der Waals surface area contributed by atoms with Gasteiger partial charge in [0, 0.05) is 6.54 Å². The van der Waals surface area contributed by atoms with Gasteiger partial charge in [-0.1, -0.05) is 25.1 Å². The lowest BCUT2D eigenvalue weighted by Crippen LogP contribution is -2.34. The summed E-state index contributed by atoms with van der Waals surface area (Å²) in [7, 11) is 0. The van der Waals surface area contributed by atoms with Gasteiger partial charge in [-0.05, 0) is 18.6 Å². The van der Waals surface area contributed by atoms with Gasteiger partial charge in [-0.2, -0.15) is 0 Å². The van der Waals surface area contributed by atoms with E-state index in [0.29, 0.717) is 5.56 Å². The minimum absolute atomic E-state index is 0.0347. The molecule has 18 heavy (non-hydrogen) atoms. The number of hydrogen-bond acceptors (Lipinski definition) is 2. The molecule has 0 saturated heterocycles. The number of nitrogens with one attached hydrogen (secondary N) is 1. The van der Waals surface area contributed by atoms with Crippen LogP contribution in [0.1, 0.15) is 25.3 Å². The molecule has 0 aliphatic rings. The predicted molar refractivity (Wildman–Crippen MR) is 64.6 cm³/mol. The predicted octanol–water partition coefficient (Wildman–Crippen LogP) is 1.77. The summed E-state index contributed by atoms with van der Waals surface area (Å²) in [6, 6.07) is 6.04. The molecular formula is C13H16FNO3. The smallest absolute Gasteiger partial charge is 0.308 e. The van der Waals surface area contributed by atoms with E-state index in [4.69, 9.17) is 5.11 Å². The van der Waals surface area contributed by atoms with Crippen molar-refractivity contribution in [1.29, 1.82) is 0 Å². The second-order valence-corrected chi connectivity index (χ2v) is 4.23. The third-order valence-electron chi connectivity index (χ3n) is 2.77. The maximum Gasteiger partial charge on any atom is 0.308 e. The molecule has 0 spiro atoms. The van der Waals surface area contributed by atoms with Gasteiger partial charge in [-0.25, -0.2) is 4.39 Å². The highest BCUT2D eigenvalue weighted by Crippen LogP contribution is 2.18. The van der Waals surface area contributed by atoms with Crippen LogP contribution in [-0.4, -0.2) is 23.5 Å². The molecule has 0 fully saturated rings. The van der Waals surface area contributed by atoms with Crippen LogP contribution in [0.2, 0.25) is 0 Å². The SMILES string of the molecule is C[C@H](C(=O)NC[C@H](C)C(=O)O)c1ccccc1F. The van der Waals surface area contributed by atoms with Crippen LogP contribution in [0.15, 0.2) is 24.3 Å². The molecule has 0 aliphatic heterocycles. The van der Waals surface area contributed by atoms with Gasteiger partial charge in [-0.15, -0.1) is 0 Å². The van der Waals surface area contributed by atoms with Crippen LogP contribution in [0.5, 0.6) is 0 Å². The molecule has 98 valence electrons. The minimum Gasteiger partial charge on any atom is -0.481 e. The fourth-order valence-corrected chi connectivity index (χ4v) is 1.46. The number of carboxylic acids is 1. The number of amides is 1. The van der Waals surface area contributed by atoms with Crippen molar-refractivity contribution in [2.75, 3.05) is 6.54 Å². The molecule has 0 heterocycles. The lowest BCUT2D eigenvalue weighted by Gasteiger charge is -2.14. The highest BCUT2D eigenvalue weighted by Gasteiger charge is 2.19. The van der Waals surface area contributed by atoms with Crippen LogP contribution < -0.4 is 5.32 Å². The van der Waals surface area contributed by atoms with Crippen LogP contribution in [0.25, 0.3) is 0 Å². The number of rotatable bonds is 5. The topological polar surface area (TPSA) is 66.4 Å². The third-order valence-corrected chi connectivity index (χ3v) is 2.77. The fraction of sp³-hybridized carbons (Fsp3) is 0.385. The Bertz CT molecular complexity index is 448. The third kappa shape index (κ3) is 3.55. The summed E-state index contributed by atoms with van der Waals surface area (Å²) in [6.45, 7) is 3.11. The first-order valence-corrected chi connectivity index (χ1v) is 5.68. The van der Waals surface area contributed by atoms with Crippen molar-refractivity contribution in [1.82, 2.24) is 5.32 Å². The second kappa shape index (κ2) is 6.14. The number of halogens is 1. The molecule has 0 bridgehead atoms. The number of aliphatic carboxylic acids is 1. The number of benzene rings is 1. The summed E-state index contributed by atoms with van der Waals surface area (Å²) in [5, 5.41) is 11.2.